The molecule has 20 heteroatoms. The lowest BCUT2D eigenvalue weighted by Gasteiger charge is -2.36. The number of carbonyl (C=O) groups excluding carboxylic acids is 9. The van der Waals surface area contributed by atoms with E-state index in [0.29, 0.717) is 36.3 Å². The van der Waals surface area contributed by atoms with Crippen LogP contribution in [0.3, 0.4) is 0 Å². The molecule has 0 radical (unpaired) electrons. The Balaban J connectivity index is 1.28. The highest BCUT2D eigenvalue weighted by molar-refractivity contribution is 6.38. The molecule has 5 atom stereocenters. The second-order valence-electron chi connectivity index (χ2n) is 21.2. The van der Waals surface area contributed by atoms with E-state index in [0.717, 1.165) is 27.7 Å². The number of fused-ring (bicyclic) bond motifs is 3. The normalized spacial score (nSPS) is 22.0. The van der Waals surface area contributed by atoms with Crippen molar-refractivity contribution in [2.24, 2.45) is 5.41 Å². The van der Waals surface area contributed by atoms with E-state index in [1.165, 1.54) is 69.9 Å². The van der Waals surface area contributed by atoms with Crippen LogP contribution in [0.1, 0.15) is 81.2 Å². The number of ketones is 1. The van der Waals surface area contributed by atoms with Gasteiger partial charge in [-0.05, 0) is 106 Å². The number of amides is 6. The molecule has 2 N–H and O–H groups in total. The molecule has 0 aromatic heterocycles. The summed E-state index contributed by atoms with van der Waals surface area (Å²) in [5.74, 6) is -4.97. The lowest BCUT2D eigenvalue weighted by atomic mass is 9.87. The average Bonchev–Trinajstić information content (AvgIpc) is 3.69. The molecule has 82 heavy (non-hydrogen) atoms. The summed E-state index contributed by atoms with van der Waals surface area (Å²) in [6.07, 6.45) is 4.06. The van der Waals surface area contributed by atoms with E-state index in [9.17, 15) is 43.2 Å². The zero-order valence-electron chi connectivity index (χ0n) is 48.1. The van der Waals surface area contributed by atoms with E-state index in [2.05, 4.69) is 10.6 Å². The molecule has 2 aliphatic heterocycles. The Morgan fingerprint density at radius 2 is 1.38 bits per heavy atom. The summed E-state index contributed by atoms with van der Waals surface area (Å²) in [7, 11) is 7.46. The Hall–Kier alpha value is -8.55. The number of Topliss-reactive ketones (excluding diaryl/α,β-unsaturated/α-hetero) is 1. The third-order valence-corrected chi connectivity index (χ3v) is 14.5. The molecule has 6 rings (SSSR count). The van der Waals surface area contributed by atoms with Crippen LogP contribution in [-0.4, -0.2) is 165 Å². The molecule has 438 valence electrons. The number of hydrogen-bond donors (Lipinski definition) is 2. The van der Waals surface area contributed by atoms with Crippen LogP contribution < -0.4 is 24.8 Å². The molecule has 1 fully saturated rings. The molecule has 0 saturated carbocycles. The van der Waals surface area contributed by atoms with Crippen LogP contribution in [0, 0.1) is 5.41 Å². The molecule has 2 bridgehead atoms. The summed E-state index contributed by atoms with van der Waals surface area (Å²) in [4.78, 5) is 131. The number of rotatable bonds is 9. The first-order valence-corrected chi connectivity index (χ1v) is 27.5. The zero-order chi connectivity index (χ0) is 59.5. The van der Waals surface area contributed by atoms with Crippen molar-refractivity contribution in [2.45, 2.75) is 102 Å². The minimum atomic E-state index is -1.50. The summed E-state index contributed by atoms with van der Waals surface area (Å²) >= 11 is 0. The number of hydrogen-bond acceptors (Lipinski definition) is 14. The Labute approximate surface area is 479 Å². The summed E-state index contributed by atoms with van der Waals surface area (Å²) in [6.45, 7) is 3.23. The van der Waals surface area contributed by atoms with Crippen LogP contribution in [0.5, 0.6) is 17.2 Å². The van der Waals surface area contributed by atoms with Crippen molar-refractivity contribution in [3.05, 3.63) is 138 Å². The van der Waals surface area contributed by atoms with Gasteiger partial charge < -0.3 is 53.9 Å². The monoisotopic (exact) mass is 1130 g/mol. The zero-order valence-corrected chi connectivity index (χ0v) is 48.1. The van der Waals surface area contributed by atoms with Crippen molar-refractivity contribution in [1.82, 2.24) is 30.2 Å². The molecule has 0 aliphatic carbocycles. The van der Waals surface area contributed by atoms with E-state index in [-0.39, 0.29) is 50.9 Å². The smallest absolute Gasteiger partial charge is 0.330 e. The highest BCUT2D eigenvalue weighted by Crippen LogP contribution is 2.33. The summed E-state index contributed by atoms with van der Waals surface area (Å²) < 4.78 is 28.7. The number of cyclic esters (lactones) is 2. The minimum absolute atomic E-state index is 0.0599. The number of nitrogens with one attached hydrogen (secondary N) is 2. The van der Waals surface area contributed by atoms with Crippen LogP contribution >= 0.6 is 0 Å². The van der Waals surface area contributed by atoms with Gasteiger partial charge in [0.05, 0.1) is 26.2 Å². The van der Waals surface area contributed by atoms with E-state index in [1.807, 2.05) is 60.7 Å². The first-order chi connectivity index (χ1) is 39.2. The van der Waals surface area contributed by atoms with Gasteiger partial charge in [0.1, 0.15) is 42.6 Å². The first kappa shape index (κ1) is 62.6. The van der Waals surface area contributed by atoms with Crippen molar-refractivity contribution in [3.8, 4) is 17.2 Å². The van der Waals surface area contributed by atoms with Crippen molar-refractivity contribution in [3.63, 3.8) is 0 Å². The molecule has 1 saturated heterocycles. The van der Waals surface area contributed by atoms with Gasteiger partial charge in [-0.3, -0.25) is 33.6 Å². The number of benzene rings is 4. The topological polar surface area (TPSA) is 237 Å². The number of aryl methyl sites for hydroxylation is 1. The fraction of sp³-hybridized carbons (Fsp3) is 0.435. The lowest BCUT2D eigenvalue weighted by Crippen LogP contribution is -2.58. The number of nitrogens with zero attached hydrogens (tertiary/aromatic N) is 4. The Kier molecular flexibility index (Phi) is 22.7. The van der Waals surface area contributed by atoms with Gasteiger partial charge in [-0.2, -0.15) is 0 Å². The molecular formula is C62H76N6O14. The van der Waals surface area contributed by atoms with Crippen molar-refractivity contribution < 1.29 is 66.8 Å². The molecule has 2 heterocycles. The van der Waals surface area contributed by atoms with Crippen LogP contribution in [0.4, 0.5) is 0 Å². The molecule has 20 nitrogen and oxygen atoms in total. The van der Waals surface area contributed by atoms with E-state index in [1.54, 1.807) is 49.5 Å². The van der Waals surface area contributed by atoms with Gasteiger partial charge in [-0.15, -0.1) is 0 Å². The fourth-order valence-corrected chi connectivity index (χ4v) is 9.61. The molecule has 6 amide bonds. The summed E-state index contributed by atoms with van der Waals surface area (Å²) in [5, 5.41) is 5.56. The summed E-state index contributed by atoms with van der Waals surface area (Å²) in [6, 6.07) is 25.7. The molecular weight excluding hydrogens is 1050 g/mol. The van der Waals surface area contributed by atoms with Gasteiger partial charge in [0, 0.05) is 53.2 Å². The lowest BCUT2D eigenvalue weighted by molar-refractivity contribution is -0.165. The van der Waals surface area contributed by atoms with Crippen molar-refractivity contribution >= 4 is 53.2 Å². The average molecular weight is 1130 g/mol. The van der Waals surface area contributed by atoms with Crippen molar-refractivity contribution in [1.29, 1.82) is 0 Å². The second-order valence-corrected chi connectivity index (χ2v) is 21.2. The van der Waals surface area contributed by atoms with Crippen LogP contribution in [0.15, 0.2) is 115 Å². The van der Waals surface area contributed by atoms with Gasteiger partial charge in [0.2, 0.25) is 29.4 Å². The Bertz CT molecular complexity index is 2930. The minimum Gasteiger partial charge on any atom is -0.493 e. The summed E-state index contributed by atoms with van der Waals surface area (Å²) in [5.41, 5.74) is 1.32. The molecule has 2 aliphatic rings. The number of likely N-dealkylation sites (N-methyl/N-ethyl adjacent to an activating group) is 3. The van der Waals surface area contributed by atoms with Gasteiger partial charge in [0.15, 0.2) is 18.1 Å². The van der Waals surface area contributed by atoms with Crippen LogP contribution in [-0.2, 0) is 71.9 Å². The molecule has 4 aromatic rings. The SMILES string of the molecule is COc1ccc(CC[C@H]2OC(=O)[C@@H]3CCCCN3C(=O)C(=O)C(C)(C)COC(=O)C=CCCN(C)C(=O)[C@@H](Cc3ccccc3)NC(=O)[C@H](Cc3ccccc3)N(C)C(=O)[C@@H](C)NC(=O)CN(C)C(=O)COc3cccc2c3)cc1OC. The second kappa shape index (κ2) is 29.8. The molecule has 0 unspecified atom stereocenters. The maximum atomic E-state index is 14.5. The first-order valence-electron chi connectivity index (χ1n) is 27.5. The number of piperidine rings is 1. The maximum absolute atomic E-state index is 14.5. The van der Waals surface area contributed by atoms with E-state index < -0.39 is 109 Å². The largest absolute Gasteiger partial charge is 0.493 e. The third kappa shape index (κ3) is 17.5. The van der Waals surface area contributed by atoms with Gasteiger partial charge in [-0.25, -0.2) is 9.59 Å². The van der Waals surface area contributed by atoms with Gasteiger partial charge >= 0.3 is 11.9 Å². The fourth-order valence-electron chi connectivity index (χ4n) is 9.61. The van der Waals surface area contributed by atoms with E-state index >= 15 is 0 Å². The van der Waals surface area contributed by atoms with Crippen molar-refractivity contribution in [2.75, 3.05) is 68.2 Å². The van der Waals surface area contributed by atoms with Gasteiger partial charge in [-0.1, -0.05) is 84.9 Å². The number of methoxy groups -OCH3 is 2. The standard InChI is InChI=1S/C62H76N6O14/c1-41-58(74)67(6)49(35-43-22-13-10-14-23-43)57(73)64-47(34-42-20-11-9-12-21-42)59(75)65(4)32-17-16-27-55(71)81-40-62(2,3)56(72)60(76)68-33-18-15-26-48(68)61(77)82-50(30-28-44-29-31-51(78-7)52(36-44)79-8)45-24-19-25-46(37-45)80-39-54(70)66(5)38-53(69)63-41/h9-14,16,19-25,27,29,31,36-37,41,47-50H,15,17-18,26,28,30,32-35,38-40H2,1-8H3,(H,63,69)(H,64,73)/t41-,47-,48+,49+,50-/m1/s1. The number of ether oxygens (including phenoxy) is 5. The number of esters is 2. The third-order valence-electron chi connectivity index (χ3n) is 14.5. The maximum Gasteiger partial charge on any atom is 0.330 e. The van der Waals surface area contributed by atoms with Gasteiger partial charge in [0.25, 0.3) is 11.8 Å². The Morgan fingerprint density at radius 1 is 0.695 bits per heavy atom. The Morgan fingerprint density at radius 3 is 2.06 bits per heavy atom. The highest BCUT2D eigenvalue weighted by Gasteiger charge is 2.43. The quantitative estimate of drug-likeness (QED) is 0.166. The molecule has 0 spiro atoms. The predicted octanol–water partition coefficient (Wildman–Crippen LogP) is 5.00. The number of carbonyl (C=O) groups is 9. The molecule has 4 aromatic carbocycles. The van der Waals surface area contributed by atoms with Crippen LogP contribution in [0.2, 0.25) is 0 Å². The van der Waals surface area contributed by atoms with E-state index in [4.69, 9.17) is 23.7 Å². The highest BCUT2D eigenvalue weighted by atomic mass is 16.5. The predicted molar refractivity (Wildman–Crippen MR) is 303 cm³/mol. The van der Waals surface area contributed by atoms with Crippen LogP contribution in [0.25, 0.3) is 0 Å².